The summed E-state index contributed by atoms with van der Waals surface area (Å²) < 4.78 is 0. The number of carbonyl (C=O) groups excluding carboxylic acids is 2. The van der Waals surface area contributed by atoms with Crippen LogP contribution >= 0.6 is 0 Å². The lowest BCUT2D eigenvalue weighted by atomic mass is 10.2. The van der Waals surface area contributed by atoms with Crippen molar-refractivity contribution in [2.45, 2.75) is 45.2 Å². The quantitative estimate of drug-likeness (QED) is 0.758. The Kier molecular flexibility index (Phi) is 4.99. The van der Waals surface area contributed by atoms with Crippen LogP contribution in [0.2, 0.25) is 0 Å². The van der Waals surface area contributed by atoms with Crippen LogP contribution in [0.25, 0.3) is 0 Å². The molecule has 0 bridgehead atoms. The maximum Gasteiger partial charge on any atom is 0.292 e. The third-order valence-corrected chi connectivity index (χ3v) is 6.28. The summed E-state index contributed by atoms with van der Waals surface area (Å²) in [5.41, 5.74) is 1.84. The van der Waals surface area contributed by atoms with E-state index in [9.17, 15) is 9.59 Å². The fourth-order valence-electron chi connectivity index (χ4n) is 4.15. The SMILES string of the molecule is Cc1nc(C(=O)N2CCN(C3CC3)C(=O)C2)nc(N2CC[C@@H](N(C)C)C2)c1C. The van der Waals surface area contributed by atoms with Crippen molar-refractivity contribution in [1.82, 2.24) is 24.7 Å². The van der Waals surface area contributed by atoms with Crippen LogP contribution in [0.3, 0.4) is 0 Å². The first-order chi connectivity index (χ1) is 13.3. The number of piperazine rings is 1. The summed E-state index contributed by atoms with van der Waals surface area (Å²) in [7, 11) is 4.19. The second-order valence-corrected chi connectivity index (χ2v) is 8.48. The van der Waals surface area contributed by atoms with Crippen molar-refractivity contribution in [3.63, 3.8) is 0 Å². The van der Waals surface area contributed by atoms with Crippen LogP contribution in [-0.4, -0.2) is 95.4 Å². The number of hydrogen-bond acceptors (Lipinski definition) is 6. The fourth-order valence-corrected chi connectivity index (χ4v) is 4.15. The van der Waals surface area contributed by atoms with Crippen LogP contribution in [0.15, 0.2) is 0 Å². The maximum absolute atomic E-state index is 13.0. The number of nitrogens with zero attached hydrogens (tertiary/aromatic N) is 6. The summed E-state index contributed by atoms with van der Waals surface area (Å²) in [6, 6.07) is 0.885. The minimum Gasteiger partial charge on any atom is -0.355 e. The van der Waals surface area contributed by atoms with Crippen LogP contribution in [0.5, 0.6) is 0 Å². The number of rotatable bonds is 4. The second kappa shape index (κ2) is 7.31. The normalized spacial score (nSPS) is 23.1. The zero-order valence-corrected chi connectivity index (χ0v) is 17.3. The molecule has 2 aliphatic heterocycles. The second-order valence-electron chi connectivity index (χ2n) is 8.48. The molecule has 2 amide bonds. The number of likely N-dealkylation sites (N-methyl/N-ethyl adjacent to an activating group) is 1. The highest BCUT2D eigenvalue weighted by atomic mass is 16.2. The maximum atomic E-state index is 13.0. The Balaban J connectivity index is 1.52. The number of amides is 2. The number of carbonyl (C=O) groups is 2. The number of hydrogen-bond donors (Lipinski definition) is 0. The zero-order chi connectivity index (χ0) is 20.0. The van der Waals surface area contributed by atoms with E-state index in [0.29, 0.717) is 25.2 Å². The minimum absolute atomic E-state index is 0.0412. The Labute approximate surface area is 166 Å². The highest BCUT2D eigenvalue weighted by molar-refractivity contribution is 5.94. The van der Waals surface area contributed by atoms with E-state index in [1.54, 1.807) is 4.90 Å². The Morgan fingerprint density at radius 1 is 1.07 bits per heavy atom. The number of aryl methyl sites for hydroxylation is 1. The molecule has 1 aliphatic carbocycles. The van der Waals surface area contributed by atoms with Gasteiger partial charge in [0.2, 0.25) is 11.7 Å². The molecule has 2 saturated heterocycles. The van der Waals surface area contributed by atoms with Gasteiger partial charge in [-0.05, 0) is 47.2 Å². The summed E-state index contributed by atoms with van der Waals surface area (Å²) in [5, 5.41) is 0. The van der Waals surface area contributed by atoms with E-state index in [-0.39, 0.29) is 24.2 Å². The van der Waals surface area contributed by atoms with Crippen molar-refractivity contribution in [2.24, 2.45) is 0 Å². The lowest BCUT2D eigenvalue weighted by Crippen LogP contribution is -2.53. The lowest BCUT2D eigenvalue weighted by Gasteiger charge is -2.34. The zero-order valence-electron chi connectivity index (χ0n) is 17.3. The topological polar surface area (TPSA) is 72.9 Å². The monoisotopic (exact) mass is 386 g/mol. The van der Waals surface area contributed by atoms with Crippen molar-refractivity contribution in [3.05, 3.63) is 17.1 Å². The lowest BCUT2D eigenvalue weighted by molar-refractivity contribution is -0.135. The summed E-state index contributed by atoms with van der Waals surface area (Å²) in [6.45, 7) is 7.06. The first-order valence-electron chi connectivity index (χ1n) is 10.2. The Bertz CT molecular complexity index is 791. The van der Waals surface area contributed by atoms with E-state index in [0.717, 1.165) is 49.4 Å². The molecule has 8 nitrogen and oxygen atoms in total. The van der Waals surface area contributed by atoms with E-state index in [2.05, 4.69) is 33.9 Å². The van der Waals surface area contributed by atoms with Crippen molar-refractivity contribution < 1.29 is 9.59 Å². The van der Waals surface area contributed by atoms with Crippen LogP contribution in [0.4, 0.5) is 5.82 Å². The molecular weight excluding hydrogens is 356 g/mol. The Morgan fingerprint density at radius 3 is 2.43 bits per heavy atom. The van der Waals surface area contributed by atoms with Gasteiger partial charge < -0.3 is 19.6 Å². The predicted molar refractivity (Wildman–Crippen MR) is 106 cm³/mol. The molecule has 0 spiro atoms. The van der Waals surface area contributed by atoms with Gasteiger partial charge in [0.25, 0.3) is 5.91 Å². The average molecular weight is 387 g/mol. The van der Waals surface area contributed by atoms with Crippen molar-refractivity contribution in [3.8, 4) is 0 Å². The molecule has 1 aromatic rings. The van der Waals surface area contributed by atoms with Crippen LogP contribution in [-0.2, 0) is 4.79 Å². The average Bonchev–Trinajstić information content (AvgIpc) is 3.38. The van der Waals surface area contributed by atoms with Crippen molar-refractivity contribution >= 4 is 17.6 Å². The first kappa shape index (κ1) is 19.1. The molecule has 28 heavy (non-hydrogen) atoms. The fraction of sp³-hybridized carbons (Fsp3) is 0.700. The van der Waals surface area contributed by atoms with Gasteiger partial charge in [0.05, 0.1) is 0 Å². The minimum atomic E-state index is -0.239. The van der Waals surface area contributed by atoms with Gasteiger partial charge >= 0.3 is 0 Å². The molecule has 3 aliphatic rings. The molecular formula is C20H30N6O2. The molecule has 1 saturated carbocycles. The van der Waals surface area contributed by atoms with E-state index in [1.165, 1.54) is 0 Å². The highest BCUT2D eigenvalue weighted by Crippen LogP contribution is 2.29. The Hall–Kier alpha value is -2.22. The standard InChI is InChI=1S/C20H30N6O2/c1-13-14(2)21-18(22-19(13)24-8-7-16(11-24)23(3)4)20(28)25-9-10-26(15-5-6-15)17(27)12-25/h15-16H,5-12H2,1-4H3/t16-/m1/s1. The van der Waals surface area contributed by atoms with Gasteiger partial charge in [-0.2, -0.15) is 0 Å². The predicted octanol–water partition coefficient (Wildman–Crippen LogP) is 0.681. The number of aromatic nitrogens is 2. The molecule has 4 rings (SSSR count). The molecule has 0 unspecified atom stereocenters. The van der Waals surface area contributed by atoms with E-state index >= 15 is 0 Å². The van der Waals surface area contributed by atoms with E-state index in [1.807, 2.05) is 18.7 Å². The Morgan fingerprint density at radius 2 is 1.82 bits per heavy atom. The largest absolute Gasteiger partial charge is 0.355 e. The highest BCUT2D eigenvalue weighted by Gasteiger charge is 2.37. The van der Waals surface area contributed by atoms with Gasteiger partial charge in [-0.15, -0.1) is 0 Å². The molecule has 1 aromatic heterocycles. The third kappa shape index (κ3) is 3.57. The van der Waals surface area contributed by atoms with Gasteiger partial charge in [0.1, 0.15) is 12.4 Å². The molecule has 1 atom stereocenters. The summed E-state index contributed by atoms with van der Waals surface area (Å²) >= 11 is 0. The van der Waals surface area contributed by atoms with Gasteiger partial charge in [0, 0.05) is 49.5 Å². The van der Waals surface area contributed by atoms with Gasteiger partial charge in [-0.25, -0.2) is 9.97 Å². The molecule has 0 aromatic carbocycles. The molecule has 0 radical (unpaired) electrons. The van der Waals surface area contributed by atoms with Crippen LogP contribution < -0.4 is 4.90 Å². The van der Waals surface area contributed by atoms with Crippen LogP contribution in [0, 0.1) is 13.8 Å². The van der Waals surface area contributed by atoms with Gasteiger partial charge in [-0.3, -0.25) is 9.59 Å². The molecule has 3 heterocycles. The van der Waals surface area contributed by atoms with Crippen molar-refractivity contribution in [2.75, 3.05) is 51.7 Å². The van der Waals surface area contributed by atoms with Gasteiger partial charge in [-0.1, -0.05) is 0 Å². The van der Waals surface area contributed by atoms with Gasteiger partial charge in [0.15, 0.2) is 0 Å². The van der Waals surface area contributed by atoms with E-state index < -0.39 is 0 Å². The third-order valence-electron chi connectivity index (χ3n) is 6.28. The van der Waals surface area contributed by atoms with Crippen LogP contribution in [0.1, 0.15) is 41.1 Å². The smallest absolute Gasteiger partial charge is 0.292 e. The summed E-state index contributed by atoms with van der Waals surface area (Å²) in [4.78, 5) is 42.6. The van der Waals surface area contributed by atoms with E-state index in [4.69, 9.17) is 0 Å². The molecule has 152 valence electrons. The molecule has 0 N–H and O–H groups in total. The molecule has 3 fully saturated rings. The number of anilines is 1. The summed E-state index contributed by atoms with van der Waals surface area (Å²) in [6.07, 6.45) is 3.26. The molecule has 8 heteroatoms. The summed E-state index contributed by atoms with van der Waals surface area (Å²) in [5.74, 6) is 0.859. The van der Waals surface area contributed by atoms with Crippen molar-refractivity contribution in [1.29, 1.82) is 0 Å². The first-order valence-corrected chi connectivity index (χ1v) is 10.2.